The van der Waals surface area contributed by atoms with Crippen LogP contribution >= 0.6 is 15.9 Å². The number of H-pyrrole nitrogens is 1. The molecule has 19 heavy (non-hydrogen) atoms. The summed E-state index contributed by atoms with van der Waals surface area (Å²) in [5.74, 6) is 0.713. The van der Waals surface area contributed by atoms with E-state index in [4.69, 9.17) is 0 Å². The number of amides is 1. The van der Waals surface area contributed by atoms with E-state index in [-0.39, 0.29) is 11.9 Å². The molecule has 1 aromatic heterocycles. The number of hydrogen-bond acceptors (Lipinski definition) is 2. The van der Waals surface area contributed by atoms with E-state index in [0.29, 0.717) is 11.6 Å². The van der Waals surface area contributed by atoms with Crippen LogP contribution in [-0.4, -0.2) is 41.5 Å². The maximum atomic E-state index is 12.5. The molecule has 0 aromatic carbocycles. The number of carbonyl (C=O) groups is 1. The predicted octanol–water partition coefficient (Wildman–Crippen LogP) is 2.63. The van der Waals surface area contributed by atoms with Gasteiger partial charge in [0, 0.05) is 23.3 Å². The second-order valence-corrected chi connectivity index (χ2v) is 6.39. The number of nitrogens with zero attached hydrogens (tertiary/aromatic N) is 1. The van der Waals surface area contributed by atoms with Gasteiger partial charge in [0.1, 0.15) is 5.69 Å². The number of nitrogens with one attached hydrogen (secondary N) is 2. The standard InChI is InChI=1S/C14H22BrN3O/c1-10(2)18(9-11-3-5-16-6-4-11)14(19)13-7-12(15)8-17-13/h7-8,10-11,16-17H,3-6,9H2,1-2H3. The van der Waals surface area contributed by atoms with Gasteiger partial charge in [-0.3, -0.25) is 4.79 Å². The molecule has 0 aliphatic carbocycles. The van der Waals surface area contributed by atoms with Crippen molar-refractivity contribution in [2.75, 3.05) is 19.6 Å². The Morgan fingerprint density at radius 1 is 1.47 bits per heavy atom. The van der Waals surface area contributed by atoms with Crippen molar-refractivity contribution >= 4 is 21.8 Å². The van der Waals surface area contributed by atoms with Gasteiger partial charge in [-0.2, -0.15) is 0 Å². The van der Waals surface area contributed by atoms with Gasteiger partial charge in [-0.1, -0.05) is 0 Å². The summed E-state index contributed by atoms with van der Waals surface area (Å²) in [5.41, 5.74) is 0.662. The zero-order valence-electron chi connectivity index (χ0n) is 11.6. The molecule has 0 saturated carbocycles. The maximum Gasteiger partial charge on any atom is 0.270 e. The molecule has 0 spiro atoms. The smallest absolute Gasteiger partial charge is 0.270 e. The molecule has 1 aromatic rings. The molecule has 2 heterocycles. The molecule has 1 amide bonds. The second kappa shape index (κ2) is 6.57. The zero-order chi connectivity index (χ0) is 13.8. The van der Waals surface area contributed by atoms with Crippen LogP contribution in [-0.2, 0) is 0 Å². The van der Waals surface area contributed by atoms with Gasteiger partial charge in [0.25, 0.3) is 5.91 Å². The van der Waals surface area contributed by atoms with E-state index in [2.05, 4.69) is 40.1 Å². The Kier molecular flexibility index (Phi) is 5.05. The second-order valence-electron chi connectivity index (χ2n) is 5.48. The van der Waals surface area contributed by atoms with Crippen LogP contribution in [0.5, 0.6) is 0 Å². The summed E-state index contributed by atoms with van der Waals surface area (Å²) < 4.78 is 0.918. The van der Waals surface area contributed by atoms with Gasteiger partial charge in [-0.05, 0) is 67.7 Å². The number of rotatable bonds is 4. The van der Waals surface area contributed by atoms with Crippen molar-refractivity contribution in [1.29, 1.82) is 0 Å². The summed E-state index contributed by atoms with van der Waals surface area (Å²) in [4.78, 5) is 17.5. The van der Waals surface area contributed by atoms with E-state index < -0.39 is 0 Å². The highest BCUT2D eigenvalue weighted by atomic mass is 79.9. The average Bonchev–Trinajstić information content (AvgIpc) is 2.83. The summed E-state index contributed by atoms with van der Waals surface area (Å²) in [6.07, 6.45) is 4.12. The van der Waals surface area contributed by atoms with Crippen molar-refractivity contribution in [3.8, 4) is 0 Å². The normalized spacial score (nSPS) is 16.8. The fraction of sp³-hybridized carbons (Fsp3) is 0.643. The van der Waals surface area contributed by atoms with E-state index in [0.717, 1.165) is 36.9 Å². The first-order valence-electron chi connectivity index (χ1n) is 6.93. The third-order valence-corrected chi connectivity index (χ3v) is 4.13. The van der Waals surface area contributed by atoms with Crippen molar-refractivity contribution in [2.24, 2.45) is 5.92 Å². The minimum atomic E-state index is 0.0965. The van der Waals surface area contributed by atoms with Gasteiger partial charge >= 0.3 is 0 Å². The van der Waals surface area contributed by atoms with Crippen LogP contribution in [0.4, 0.5) is 0 Å². The quantitative estimate of drug-likeness (QED) is 0.893. The molecule has 2 N–H and O–H groups in total. The SMILES string of the molecule is CC(C)N(CC1CCNCC1)C(=O)c1cc(Br)c[nH]1. The number of aromatic amines is 1. The predicted molar refractivity (Wildman–Crippen MR) is 80.3 cm³/mol. The lowest BCUT2D eigenvalue weighted by atomic mass is 9.97. The monoisotopic (exact) mass is 327 g/mol. The van der Waals surface area contributed by atoms with E-state index in [1.54, 1.807) is 6.20 Å². The Labute approximate surface area is 123 Å². The topological polar surface area (TPSA) is 48.1 Å². The number of aromatic nitrogens is 1. The minimum absolute atomic E-state index is 0.0965. The molecule has 1 aliphatic heterocycles. The molecule has 4 nitrogen and oxygen atoms in total. The van der Waals surface area contributed by atoms with Gasteiger partial charge in [0.05, 0.1) is 0 Å². The first-order valence-corrected chi connectivity index (χ1v) is 7.73. The molecule has 1 fully saturated rings. The first kappa shape index (κ1) is 14.6. The number of carbonyl (C=O) groups excluding carboxylic acids is 1. The van der Waals surface area contributed by atoms with Crippen LogP contribution in [0.25, 0.3) is 0 Å². The molecular weight excluding hydrogens is 306 g/mol. The van der Waals surface area contributed by atoms with Crippen molar-refractivity contribution in [3.05, 3.63) is 22.4 Å². The molecule has 0 atom stereocenters. The summed E-state index contributed by atoms with van der Waals surface area (Å²) in [7, 11) is 0. The lowest BCUT2D eigenvalue weighted by Gasteiger charge is -2.32. The summed E-state index contributed by atoms with van der Waals surface area (Å²) >= 11 is 3.37. The Bertz CT molecular complexity index is 424. The van der Waals surface area contributed by atoms with E-state index in [9.17, 15) is 4.79 Å². The molecule has 1 saturated heterocycles. The molecule has 5 heteroatoms. The van der Waals surface area contributed by atoms with Crippen LogP contribution in [0.15, 0.2) is 16.7 Å². The number of piperidine rings is 1. The molecule has 0 unspecified atom stereocenters. The Morgan fingerprint density at radius 3 is 2.68 bits per heavy atom. The van der Waals surface area contributed by atoms with Crippen molar-refractivity contribution in [1.82, 2.24) is 15.2 Å². The summed E-state index contributed by atoms with van der Waals surface area (Å²) in [6.45, 7) is 7.15. The molecule has 0 bridgehead atoms. The highest BCUT2D eigenvalue weighted by Crippen LogP contribution is 2.18. The lowest BCUT2D eigenvalue weighted by molar-refractivity contribution is 0.0652. The summed E-state index contributed by atoms with van der Waals surface area (Å²) in [6, 6.07) is 2.07. The maximum absolute atomic E-state index is 12.5. The minimum Gasteiger partial charge on any atom is -0.356 e. The number of halogens is 1. The molecule has 0 radical (unpaired) electrons. The van der Waals surface area contributed by atoms with Crippen LogP contribution in [0.1, 0.15) is 37.2 Å². The molecule has 1 aliphatic rings. The largest absolute Gasteiger partial charge is 0.356 e. The van der Waals surface area contributed by atoms with Crippen LogP contribution < -0.4 is 5.32 Å². The fourth-order valence-electron chi connectivity index (χ4n) is 2.52. The van der Waals surface area contributed by atoms with E-state index >= 15 is 0 Å². The van der Waals surface area contributed by atoms with Crippen LogP contribution in [0.2, 0.25) is 0 Å². The van der Waals surface area contributed by atoms with Gasteiger partial charge in [0.2, 0.25) is 0 Å². The third-order valence-electron chi connectivity index (χ3n) is 3.68. The zero-order valence-corrected chi connectivity index (χ0v) is 13.2. The Morgan fingerprint density at radius 2 is 2.16 bits per heavy atom. The molecule has 106 valence electrons. The Balaban J connectivity index is 2.04. The third kappa shape index (κ3) is 3.83. The highest BCUT2D eigenvalue weighted by molar-refractivity contribution is 9.10. The average molecular weight is 328 g/mol. The van der Waals surface area contributed by atoms with Gasteiger partial charge in [0.15, 0.2) is 0 Å². The fourth-order valence-corrected chi connectivity index (χ4v) is 2.86. The van der Waals surface area contributed by atoms with Crippen LogP contribution in [0.3, 0.4) is 0 Å². The van der Waals surface area contributed by atoms with Crippen molar-refractivity contribution in [3.63, 3.8) is 0 Å². The van der Waals surface area contributed by atoms with Gasteiger partial charge < -0.3 is 15.2 Å². The van der Waals surface area contributed by atoms with Gasteiger partial charge in [-0.15, -0.1) is 0 Å². The Hall–Kier alpha value is -0.810. The van der Waals surface area contributed by atoms with E-state index in [1.807, 2.05) is 11.0 Å². The van der Waals surface area contributed by atoms with E-state index in [1.165, 1.54) is 0 Å². The van der Waals surface area contributed by atoms with Crippen molar-refractivity contribution in [2.45, 2.75) is 32.7 Å². The first-order chi connectivity index (χ1) is 9.08. The van der Waals surface area contributed by atoms with Crippen LogP contribution in [0, 0.1) is 5.92 Å². The lowest BCUT2D eigenvalue weighted by Crippen LogP contribution is -2.43. The van der Waals surface area contributed by atoms with Gasteiger partial charge in [-0.25, -0.2) is 0 Å². The molecular formula is C14H22BrN3O. The van der Waals surface area contributed by atoms with Crippen molar-refractivity contribution < 1.29 is 4.79 Å². The number of hydrogen-bond donors (Lipinski definition) is 2. The molecule has 2 rings (SSSR count). The summed E-state index contributed by atoms with van der Waals surface area (Å²) in [5, 5.41) is 3.37. The highest BCUT2D eigenvalue weighted by Gasteiger charge is 2.24.